The third-order valence-corrected chi connectivity index (χ3v) is 7.66. The van der Waals surface area contributed by atoms with Crippen LogP contribution in [0, 0.1) is 5.92 Å². The van der Waals surface area contributed by atoms with Gasteiger partial charge in [-0.25, -0.2) is 0 Å². The summed E-state index contributed by atoms with van der Waals surface area (Å²) in [6.45, 7) is 11.6. The van der Waals surface area contributed by atoms with Crippen molar-refractivity contribution in [2.45, 2.75) is 71.4 Å². The molecule has 1 aromatic heterocycles. The van der Waals surface area contributed by atoms with Crippen LogP contribution >= 0.6 is 11.3 Å². The molecule has 0 unspecified atom stereocenters. The first-order valence-electron chi connectivity index (χ1n) is 12.0. The molecule has 2 heterocycles. The fraction of sp³-hybridized carbons (Fsp3) is 0.556. The number of amides is 2. The van der Waals surface area contributed by atoms with E-state index in [2.05, 4.69) is 37.4 Å². The van der Waals surface area contributed by atoms with E-state index in [1.54, 1.807) is 16.2 Å². The van der Waals surface area contributed by atoms with Crippen LogP contribution in [0.2, 0.25) is 0 Å². The molecule has 1 atom stereocenters. The van der Waals surface area contributed by atoms with E-state index in [-0.39, 0.29) is 35.9 Å². The van der Waals surface area contributed by atoms with E-state index in [0.717, 1.165) is 25.0 Å². The lowest BCUT2D eigenvalue weighted by molar-refractivity contribution is -0.147. The van der Waals surface area contributed by atoms with Gasteiger partial charge in [0.05, 0.1) is 6.04 Å². The fourth-order valence-corrected chi connectivity index (χ4v) is 5.35. The highest BCUT2D eigenvalue weighted by Crippen LogP contribution is 2.36. The second-order valence-corrected chi connectivity index (χ2v) is 11.6. The summed E-state index contributed by atoms with van der Waals surface area (Å²) in [5.74, 6) is 1.49. The van der Waals surface area contributed by atoms with Gasteiger partial charge in [0, 0.05) is 22.9 Å². The van der Waals surface area contributed by atoms with Crippen molar-refractivity contribution in [1.29, 1.82) is 0 Å². The Bertz CT molecular complexity index is 986. The quantitative estimate of drug-likeness (QED) is 0.546. The van der Waals surface area contributed by atoms with Crippen LogP contribution in [-0.2, 0) is 16.0 Å². The van der Waals surface area contributed by atoms with E-state index in [4.69, 9.17) is 4.74 Å². The van der Waals surface area contributed by atoms with Crippen molar-refractivity contribution in [3.05, 3.63) is 51.7 Å². The number of rotatable bonds is 7. The number of benzene rings is 1. The molecule has 6 heteroatoms. The fourth-order valence-electron chi connectivity index (χ4n) is 4.42. The van der Waals surface area contributed by atoms with Crippen molar-refractivity contribution in [2.75, 3.05) is 19.7 Å². The van der Waals surface area contributed by atoms with Crippen LogP contribution in [-0.4, -0.2) is 46.8 Å². The molecule has 2 aliphatic rings. The third kappa shape index (κ3) is 5.43. The molecule has 2 amide bonds. The molecule has 33 heavy (non-hydrogen) atoms. The molecule has 0 bridgehead atoms. The zero-order chi connectivity index (χ0) is 23.8. The van der Waals surface area contributed by atoms with Gasteiger partial charge in [0.15, 0.2) is 0 Å². The van der Waals surface area contributed by atoms with Crippen LogP contribution < -0.4 is 4.74 Å². The Balaban J connectivity index is 1.50. The molecule has 0 saturated heterocycles. The minimum Gasteiger partial charge on any atom is -0.491 e. The number of fused-ring (bicyclic) bond motifs is 1. The Morgan fingerprint density at radius 3 is 2.45 bits per heavy atom. The van der Waals surface area contributed by atoms with E-state index in [1.807, 2.05) is 37.8 Å². The van der Waals surface area contributed by atoms with Gasteiger partial charge in [-0.15, -0.1) is 11.3 Å². The van der Waals surface area contributed by atoms with Crippen molar-refractivity contribution in [1.82, 2.24) is 9.80 Å². The monoisotopic (exact) mass is 468 g/mol. The van der Waals surface area contributed by atoms with E-state index >= 15 is 0 Å². The van der Waals surface area contributed by atoms with Crippen molar-refractivity contribution < 1.29 is 14.3 Å². The van der Waals surface area contributed by atoms with Crippen molar-refractivity contribution >= 4 is 23.2 Å². The molecule has 4 rings (SSSR count). The van der Waals surface area contributed by atoms with E-state index in [9.17, 15) is 9.59 Å². The number of nitrogens with zero attached hydrogens (tertiary/aromatic N) is 2. The van der Waals surface area contributed by atoms with Crippen LogP contribution in [0.4, 0.5) is 0 Å². The first-order valence-corrected chi connectivity index (χ1v) is 12.9. The third-order valence-electron chi connectivity index (χ3n) is 6.67. The number of carbonyl (C=O) groups is 2. The molecule has 0 N–H and O–H groups in total. The van der Waals surface area contributed by atoms with Gasteiger partial charge in [-0.1, -0.05) is 26.0 Å². The summed E-state index contributed by atoms with van der Waals surface area (Å²) in [5, 5.41) is 2.10. The highest BCUT2D eigenvalue weighted by atomic mass is 32.1. The van der Waals surface area contributed by atoms with E-state index < -0.39 is 0 Å². The van der Waals surface area contributed by atoms with Gasteiger partial charge in [-0.2, -0.15) is 0 Å². The Kier molecular flexibility index (Phi) is 6.85. The van der Waals surface area contributed by atoms with Gasteiger partial charge in [-0.3, -0.25) is 9.59 Å². The number of ether oxygens (including phenoxy) is 1. The standard InChI is InChI=1S/C27H36N2O3S/c1-18(2)19-8-10-21(11-9-19)32-17-23-22-13-15-33-24(22)12-14-28(23)25(30)16-29(27(3,4)5)26(31)20-6-7-20/h8-11,13,15,18,20,23H,6-7,12,14,16-17H2,1-5H3/t23-/m0/s1. The molecular weight excluding hydrogens is 432 g/mol. The van der Waals surface area contributed by atoms with Crippen LogP contribution in [0.25, 0.3) is 0 Å². The Morgan fingerprint density at radius 1 is 1.15 bits per heavy atom. The molecule has 5 nitrogen and oxygen atoms in total. The van der Waals surface area contributed by atoms with Gasteiger partial charge in [-0.05, 0) is 80.7 Å². The SMILES string of the molecule is CC(C)c1ccc(OC[C@H]2c3ccsc3CCN2C(=O)CN(C(=O)C2CC2)C(C)(C)C)cc1. The highest BCUT2D eigenvalue weighted by Gasteiger charge is 2.40. The molecular formula is C27H36N2O3S. The van der Waals surface area contributed by atoms with E-state index in [0.29, 0.717) is 19.1 Å². The minimum atomic E-state index is -0.386. The molecule has 1 saturated carbocycles. The molecule has 1 aliphatic carbocycles. The maximum atomic E-state index is 13.6. The summed E-state index contributed by atoms with van der Waals surface area (Å²) in [6, 6.07) is 10.2. The van der Waals surface area contributed by atoms with Crippen LogP contribution in [0.3, 0.4) is 0 Å². The molecule has 2 aromatic rings. The zero-order valence-electron chi connectivity index (χ0n) is 20.5. The van der Waals surface area contributed by atoms with Gasteiger partial charge in [0.2, 0.25) is 11.8 Å². The first-order chi connectivity index (χ1) is 15.6. The molecule has 1 fully saturated rings. The Hall–Kier alpha value is -2.34. The number of carbonyl (C=O) groups excluding carboxylic acids is 2. The average molecular weight is 469 g/mol. The average Bonchev–Trinajstić information content (AvgIpc) is 3.51. The Morgan fingerprint density at radius 2 is 1.85 bits per heavy atom. The summed E-state index contributed by atoms with van der Waals surface area (Å²) < 4.78 is 6.19. The van der Waals surface area contributed by atoms with Crippen LogP contribution in [0.15, 0.2) is 35.7 Å². The van der Waals surface area contributed by atoms with Gasteiger partial charge in [0.1, 0.15) is 18.9 Å². The summed E-state index contributed by atoms with van der Waals surface area (Å²) in [4.78, 5) is 31.5. The summed E-state index contributed by atoms with van der Waals surface area (Å²) in [5.41, 5.74) is 2.07. The topological polar surface area (TPSA) is 49.9 Å². The van der Waals surface area contributed by atoms with Crippen molar-refractivity contribution in [2.24, 2.45) is 5.92 Å². The summed E-state index contributed by atoms with van der Waals surface area (Å²) >= 11 is 1.75. The van der Waals surface area contributed by atoms with Gasteiger partial charge < -0.3 is 14.5 Å². The number of thiophene rings is 1. The summed E-state index contributed by atoms with van der Waals surface area (Å²) in [7, 11) is 0. The zero-order valence-corrected chi connectivity index (χ0v) is 21.3. The maximum Gasteiger partial charge on any atom is 0.242 e. The molecule has 1 aliphatic heterocycles. The van der Waals surface area contributed by atoms with Crippen LogP contribution in [0.5, 0.6) is 5.75 Å². The van der Waals surface area contributed by atoms with Gasteiger partial charge >= 0.3 is 0 Å². The normalized spacial score (nSPS) is 18.2. The molecule has 178 valence electrons. The van der Waals surface area contributed by atoms with Crippen molar-refractivity contribution in [3.63, 3.8) is 0 Å². The lowest BCUT2D eigenvalue weighted by Gasteiger charge is -2.40. The molecule has 0 radical (unpaired) electrons. The molecule has 0 spiro atoms. The van der Waals surface area contributed by atoms with Crippen molar-refractivity contribution in [3.8, 4) is 5.75 Å². The summed E-state index contributed by atoms with van der Waals surface area (Å²) in [6.07, 6.45) is 2.73. The lowest BCUT2D eigenvalue weighted by atomic mass is 9.99. The second kappa shape index (κ2) is 9.49. The van der Waals surface area contributed by atoms with E-state index in [1.165, 1.54) is 16.0 Å². The van der Waals surface area contributed by atoms with Crippen LogP contribution in [0.1, 0.15) is 75.4 Å². The van der Waals surface area contributed by atoms with Gasteiger partial charge in [0.25, 0.3) is 0 Å². The second-order valence-electron chi connectivity index (χ2n) is 10.6. The smallest absolute Gasteiger partial charge is 0.242 e. The first kappa shape index (κ1) is 23.8. The highest BCUT2D eigenvalue weighted by molar-refractivity contribution is 7.10. The maximum absolute atomic E-state index is 13.6. The Labute approximate surface area is 201 Å². The largest absolute Gasteiger partial charge is 0.491 e. The predicted molar refractivity (Wildman–Crippen MR) is 133 cm³/mol. The number of hydrogen-bond acceptors (Lipinski definition) is 4. The predicted octanol–water partition coefficient (Wildman–Crippen LogP) is 5.41. The lowest BCUT2D eigenvalue weighted by Crippen LogP contribution is -2.53. The molecule has 1 aromatic carbocycles. The number of hydrogen-bond donors (Lipinski definition) is 0. The minimum absolute atomic E-state index is 0.000435.